The van der Waals surface area contributed by atoms with Gasteiger partial charge in [0, 0.05) is 10.8 Å². The first-order valence-corrected chi connectivity index (χ1v) is 8.26. The highest BCUT2D eigenvalue weighted by Gasteiger charge is 2.18. The monoisotopic (exact) mass is 327 g/mol. The van der Waals surface area contributed by atoms with Crippen molar-refractivity contribution in [2.24, 2.45) is 0 Å². The fourth-order valence-corrected chi connectivity index (χ4v) is 3.83. The topological polar surface area (TPSA) is 31.4 Å². The molecule has 1 aromatic heterocycles. The van der Waals surface area contributed by atoms with Gasteiger partial charge in [0.25, 0.3) is 0 Å². The predicted molar refractivity (Wildman–Crippen MR) is 94.0 cm³/mol. The van der Waals surface area contributed by atoms with Gasteiger partial charge < -0.3 is 9.47 Å². The van der Waals surface area contributed by atoms with Crippen LogP contribution >= 0.6 is 11.6 Å². The summed E-state index contributed by atoms with van der Waals surface area (Å²) in [6, 6.07) is 8.31. The fourth-order valence-electron chi connectivity index (χ4n) is 3.58. The molecule has 1 aliphatic carbocycles. The lowest BCUT2D eigenvalue weighted by Crippen LogP contribution is -2.04. The van der Waals surface area contributed by atoms with Crippen LogP contribution in [0.2, 0.25) is 5.15 Å². The second-order valence-electron chi connectivity index (χ2n) is 5.96. The summed E-state index contributed by atoms with van der Waals surface area (Å²) in [6.07, 6.45) is 4.68. The zero-order valence-electron chi connectivity index (χ0n) is 13.3. The molecule has 4 heteroatoms. The molecule has 0 saturated heterocycles. The smallest absolute Gasteiger partial charge is 0.161 e. The number of pyridine rings is 1. The average Bonchev–Trinajstić information content (AvgIpc) is 2.60. The molecule has 23 heavy (non-hydrogen) atoms. The zero-order valence-corrected chi connectivity index (χ0v) is 14.0. The largest absolute Gasteiger partial charge is 0.493 e. The highest BCUT2D eigenvalue weighted by atomic mass is 35.5. The van der Waals surface area contributed by atoms with E-state index in [1.54, 1.807) is 14.2 Å². The molecular formula is C19H18ClNO2. The van der Waals surface area contributed by atoms with Crippen molar-refractivity contribution in [3.05, 3.63) is 40.5 Å². The molecule has 0 fully saturated rings. The van der Waals surface area contributed by atoms with Crippen molar-refractivity contribution in [1.29, 1.82) is 0 Å². The Morgan fingerprint density at radius 2 is 1.61 bits per heavy atom. The maximum absolute atomic E-state index is 6.50. The molecule has 0 spiro atoms. The Balaban J connectivity index is 2.12. The van der Waals surface area contributed by atoms with E-state index in [4.69, 9.17) is 26.1 Å². The molecule has 118 valence electrons. The van der Waals surface area contributed by atoms with E-state index >= 15 is 0 Å². The third-order valence-corrected chi connectivity index (χ3v) is 5.04. The van der Waals surface area contributed by atoms with E-state index in [0.717, 1.165) is 34.5 Å². The minimum atomic E-state index is 0.521. The van der Waals surface area contributed by atoms with Gasteiger partial charge in [-0.3, -0.25) is 0 Å². The van der Waals surface area contributed by atoms with Crippen molar-refractivity contribution in [2.45, 2.75) is 25.7 Å². The van der Waals surface area contributed by atoms with Crippen LogP contribution in [0, 0.1) is 0 Å². The summed E-state index contributed by atoms with van der Waals surface area (Å²) in [5.41, 5.74) is 3.80. The summed E-state index contributed by atoms with van der Waals surface area (Å²) >= 11 is 6.50. The molecule has 3 aromatic rings. The molecule has 1 heterocycles. The molecule has 4 rings (SSSR count). The summed E-state index contributed by atoms with van der Waals surface area (Å²) in [6.45, 7) is 0. The highest BCUT2D eigenvalue weighted by Crippen LogP contribution is 2.39. The van der Waals surface area contributed by atoms with Crippen LogP contribution in [0.3, 0.4) is 0 Å². The lowest BCUT2D eigenvalue weighted by atomic mass is 9.89. The minimum absolute atomic E-state index is 0.521. The number of nitrogens with zero attached hydrogens (tertiary/aromatic N) is 1. The minimum Gasteiger partial charge on any atom is -0.493 e. The van der Waals surface area contributed by atoms with E-state index in [2.05, 4.69) is 12.1 Å². The van der Waals surface area contributed by atoms with Gasteiger partial charge in [0.15, 0.2) is 11.5 Å². The fraction of sp³-hybridized carbons (Fsp3) is 0.316. The Morgan fingerprint density at radius 1 is 0.913 bits per heavy atom. The number of methoxy groups -OCH3 is 2. The molecular weight excluding hydrogens is 310 g/mol. The lowest BCUT2D eigenvalue weighted by molar-refractivity contribution is 0.356. The van der Waals surface area contributed by atoms with Gasteiger partial charge >= 0.3 is 0 Å². The molecule has 2 aromatic carbocycles. The number of hydrogen-bond acceptors (Lipinski definition) is 3. The van der Waals surface area contributed by atoms with E-state index in [9.17, 15) is 0 Å². The Morgan fingerprint density at radius 3 is 2.35 bits per heavy atom. The standard InChI is InChI=1S/C19H18ClNO2/c1-22-16-9-14-13-8-7-11-5-3-4-6-12(11)18(13)21-19(20)15(14)10-17(16)23-2/h7-10H,3-6H2,1-2H3. The summed E-state index contributed by atoms with van der Waals surface area (Å²) in [5.74, 6) is 1.38. The number of rotatable bonds is 2. The van der Waals surface area contributed by atoms with Crippen LogP contribution in [-0.2, 0) is 12.8 Å². The molecule has 0 amide bonds. The summed E-state index contributed by atoms with van der Waals surface area (Å²) < 4.78 is 10.8. The number of aromatic nitrogens is 1. The quantitative estimate of drug-likeness (QED) is 0.493. The van der Waals surface area contributed by atoms with Crippen LogP contribution in [0.5, 0.6) is 11.5 Å². The Bertz CT molecular complexity index is 921. The first-order valence-electron chi connectivity index (χ1n) is 7.88. The molecule has 1 aliphatic rings. The van der Waals surface area contributed by atoms with Crippen LogP contribution < -0.4 is 9.47 Å². The highest BCUT2D eigenvalue weighted by molar-refractivity contribution is 6.36. The molecule has 0 atom stereocenters. The van der Waals surface area contributed by atoms with Gasteiger partial charge in [-0.1, -0.05) is 23.7 Å². The first kappa shape index (κ1) is 14.6. The Labute approximate surface area is 140 Å². The van der Waals surface area contributed by atoms with Gasteiger partial charge in [0.2, 0.25) is 0 Å². The number of ether oxygens (including phenoxy) is 2. The molecule has 0 bridgehead atoms. The van der Waals surface area contributed by atoms with Crippen molar-refractivity contribution in [3.8, 4) is 11.5 Å². The Kier molecular flexibility index (Phi) is 3.53. The van der Waals surface area contributed by atoms with Crippen LogP contribution in [0.15, 0.2) is 24.3 Å². The molecule has 0 aliphatic heterocycles. The lowest BCUT2D eigenvalue weighted by Gasteiger charge is -2.19. The Hall–Kier alpha value is -2.00. The summed E-state index contributed by atoms with van der Waals surface area (Å²) in [4.78, 5) is 4.72. The van der Waals surface area contributed by atoms with Gasteiger partial charge in [0.1, 0.15) is 5.15 Å². The normalized spacial score (nSPS) is 14.0. The van der Waals surface area contributed by atoms with Gasteiger partial charge in [-0.2, -0.15) is 0 Å². The number of benzene rings is 2. The van der Waals surface area contributed by atoms with E-state index in [0.29, 0.717) is 16.7 Å². The van der Waals surface area contributed by atoms with Crippen molar-refractivity contribution in [1.82, 2.24) is 4.98 Å². The third kappa shape index (κ3) is 2.22. The van der Waals surface area contributed by atoms with Gasteiger partial charge in [-0.15, -0.1) is 0 Å². The van der Waals surface area contributed by atoms with Crippen molar-refractivity contribution in [3.63, 3.8) is 0 Å². The molecule has 0 saturated carbocycles. The number of hydrogen-bond donors (Lipinski definition) is 0. The van der Waals surface area contributed by atoms with Gasteiger partial charge in [-0.25, -0.2) is 4.98 Å². The summed E-state index contributed by atoms with van der Waals surface area (Å²) in [7, 11) is 3.28. The van der Waals surface area contributed by atoms with E-state index in [1.165, 1.54) is 24.0 Å². The maximum atomic E-state index is 6.50. The van der Waals surface area contributed by atoms with Crippen LogP contribution in [0.1, 0.15) is 24.0 Å². The van der Waals surface area contributed by atoms with Crippen LogP contribution in [-0.4, -0.2) is 19.2 Å². The van der Waals surface area contributed by atoms with Gasteiger partial charge in [0.05, 0.1) is 19.7 Å². The number of halogens is 1. The first-order chi connectivity index (χ1) is 11.2. The van der Waals surface area contributed by atoms with Crippen LogP contribution in [0.4, 0.5) is 0 Å². The molecule has 0 radical (unpaired) electrons. The maximum Gasteiger partial charge on any atom is 0.161 e. The SMILES string of the molecule is COc1cc2c(Cl)nc3c4c(ccc3c2cc1OC)CCCC4. The molecule has 0 unspecified atom stereocenters. The van der Waals surface area contributed by atoms with Crippen LogP contribution in [0.25, 0.3) is 21.7 Å². The van der Waals surface area contributed by atoms with Crippen molar-refractivity contribution < 1.29 is 9.47 Å². The number of aryl methyl sites for hydroxylation is 2. The summed E-state index contributed by atoms with van der Waals surface area (Å²) in [5, 5.41) is 3.61. The van der Waals surface area contributed by atoms with Crippen molar-refractivity contribution >= 4 is 33.3 Å². The predicted octanol–water partition coefficient (Wildman–Crippen LogP) is 4.94. The van der Waals surface area contributed by atoms with E-state index in [-0.39, 0.29) is 0 Å². The average molecular weight is 328 g/mol. The second kappa shape index (κ2) is 5.57. The zero-order chi connectivity index (χ0) is 16.0. The molecule has 0 N–H and O–H groups in total. The molecule has 3 nitrogen and oxygen atoms in total. The van der Waals surface area contributed by atoms with E-state index in [1.807, 2.05) is 12.1 Å². The number of fused-ring (bicyclic) bond motifs is 5. The third-order valence-electron chi connectivity index (χ3n) is 4.75. The van der Waals surface area contributed by atoms with Crippen molar-refractivity contribution in [2.75, 3.05) is 14.2 Å². The second-order valence-corrected chi connectivity index (χ2v) is 6.32. The van der Waals surface area contributed by atoms with E-state index < -0.39 is 0 Å². The van der Waals surface area contributed by atoms with Gasteiger partial charge in [-0.05, 0) is 54.3 Å².